The lowest BCUT2D eigenvalue weighted by atomic mass is 10.00. The van der Waals surface area contributed by atoms with Crippen LogP contribution >= 0.6 is 11.6 Å². The molecular formula is C14H17ClN2O2. The number of nitrogens with one attached hydrogen (secondary N) is 1. The fraction of sp³-hybridized carbons (Fsp3) is 0.429. The first-order valence-electron chi connectivity index (χ1n) is 6.15. The second-order valence-electron chi connectivity index (χ2n) is 5.43. The van der Waals surface area contributed by atoms with Crippen molar-refractivity contribution in [3.63, 3.8) is 0 Å². The molecule has 0 atom stereocenters. The number of piperazine rings is 1. The van der Waals surface area contributed by atoms with E-state index in [0.717, 1.165) is 11.1 Å². The first kappa shape index (κ1) is 13.9. The van der Waals surface area contributed by atoms with Crippen LogP contribution in [0, 0.1) is 6.92 Å². The molecule has 1 aliphatic rings. The molecule has 2 rings (SSSR count). The molecule has 0 spiro atoms. The molecule has 1 aliphatic heterocycles. The summed E-state index contributed by atoms with van der Waals surface area (Å²) in [5.74, 6) is -0.239. The molecule has 0 aliphatic carbocycles. The largest absolute Gasteiger partial charge is 0.341 e. The lowest BCUT2D eigenvalue weighted by molar-refractivity contribution is -0.148. The number of nitrogens with zero attached hydrogens (tertiary/aromatic N) is 1. The van der Waals surface area contributed by atoms with Crippen molar-refractivity contribution >= 4 is 23.4 Å². The van der Waals surface area contributed by atoms with E-state index < -0.39 is 5.54 Å². The summed E-state index contributed by atoms with van der Waals surface area (Å²) in [6.45, 7) is 5.80. The number of benzene rings is 1. The molecule has 1 aromatic carbocycles. The molecule has 1 aromatic rings. The van der Waals surface area contributed by atoms with Crippen LogP contribution in [0.2, 0.25) is 5.02 Å². The summed E-state index contributed by atoms with van der Waals surface area (Å²) in [5, 5.41) is 3.30. The van der Waals surface area contributed by atoms with Crippen molar-refractivity contribution in [2.45, 2.75) is 32.9 Å². The third-order valence-corrected chi connectivity index (χ3v) is 3.53. The van der Waals surface area contributed by atoms with Crippen LogP contribution in [0.25, 0.3) is 0 Å². The Balaban J connectivity index is 2.22. The van der Waals surface area contributed by atoms with E-state index >= 15 is 0 Å². The average Bonchev–Trinajstić information content (AvgIpc) is 2.28. The minimum absolute atomic E-state index is 0.0759. The van der Waals surface area contributed by atoms with Crippen LogP contribution in [-0.2, 0) is 16.1 Å². The van der Waals surface area contributed by atoms with E-state index in [4.69, 9.17) is 11.6 Å². The topological polar surface area (TPSA) is 49.4 Å². The lowest BCUT2D eigenvalue weighted by Gasteiger charge is -2.37. The predicted molar refractivity (Wildman–Crippen MR) is 73.8 cm³/mol. The maximum Gasteiger partial charge on any atom is 0.248 e. The normalized spacial score (nSPS) is 18.4. The molecule has 5 heteroatoms. The minimum atomic E-state index is -0.855. The number of rotatable bonds is 2. The van der Waals surface area contributed by atoms with E-state index in [0.29, 0.717) is 11.6 Å². The van der Waals surface area contributed by atoms with Crippen LogP contribution in [0.3, 0.4) is 0 Å². The Kier molecular flexibility index (Phi) is 3.54. The van der Waals surface area contributed by atoms with Gasteiger partial charge in [0.05, 0.1) is 6.54 Å². The van der Waals surface area contributed by atoms with Gasteiger partial charge in [0.25, 0.3) is 0 Å². The second kappa shape index (κ2) is 4.85. The van der Waals surface area contributed by atoms with Crippen molar-refractivity contribution in [1.29, 1.82) is 0 Å². The smallest absolute Gasteiger partial charge is 0.248 e. The highest BCUT2D eigenvalue weighted by Gasteiger charge is 2.38. The lowest BCUT2D eigenvalue weighted by Crippen LogP contribution is -2.63. The van der Waals surface area contributed by atoms with Gasteiger partial charge in [-0.2, -0.15) is 0 Å². The molecule has 0 bridgehead atoms. The Hall–Kier alpha value is -1.55. The number of aryl methyl sites for hydroxylation is 1. The van der Waals surface area contributed by atoms with Crippen LogP contribution in [0.15, 0.2) is 18.2 Å². The van der Waals surface area contributed by atoms with E-state index in [1.807, 2.05) is 25.1 Å². The first-order valence-corrected chi connectivity index (χ1v) is 6.53. The van der Waals surface area contributed by atoms with Gasteiger partial charge in [0, 0.05) is 11.6 Å². The van der Waals surface area contributed by atoms with E-state index in [9.17, 15) is 9.59 Å². The summed E-state index contributed by atoms with van der Waals surface area (Å²) >= 11 is 6.17. The van der Waals surface area contributed by atoms with Gasteiger partial charge in [-0.05, 0) is 38.0 Å². The highest BCUT2D eigenvalue weighted by Crippen LogP contribution is 2.22. The third-order valence-electron chi connectivity index (χ3n) is 3.18. The maximum absolute atomic E-state index is 12.2. The monoisotopic (exact) mass is 280 g/mol. The number of carbonyl (C=O) groups excluding carboxylic acids is 2. The Labute approximate surface area is 117 Å². The first-order chi connectivity index (χ1) is 8.79. The Morgan fingerprint density at radius 3 is 2.68 bits per heavy atom. The van der Waals surface area contributed by atoms with Crippen LogP contribution in [0.5, 0.6) is 0 Å². The van der Waals surface area contributed by atoms with Gasteiger partial charge in [0.1, 0.15) is 5.54 Å². The average molecular weight is 281 g/mol. The molecule has 1 heterocycles. The molecule has 0 saturated carbocycles. The standard InChI is InChI=1S/C14H17ClN2O2/c1-9-4-5-10(11(15)6-9)7-17-8-12(18)16-14(2,3)13(17)19/h4-6H,7-8H2,1-3H3,(H,16,18). The molecule has 0 aromatic heterocycles. The van der Waals surface area contributed by atoms with Gasteiger partial charge in [-0.25, -0.2) is 0 Å². The highest BCUT2D eigenvalue weighted by molar-refractivity contribution is 6.31. The molecule has 2 amide bonds. The van der Waals surface area contributed by atoms with E-state index in [1.165, 1.54) is 4.90 Å². The molecular weight excluding hydrogens is 264 g/mol. The van der Waals surface area contributed by atoms with Crippen molar-refractivity contribution in [2.24, 2.45) is 0 Å². The number of carbonyl (C=O) groups is 2. The molecule has 1 N–H and O–H groups in total. The summed E-state index contributed by atoms with van der Waals surface area (Å²) in [7, 11) is 0. The molecule has 0 radical (unpaired) electrons. The van der Waals surface area contributed by atoms with Crippen LogP contribution in [0.1, 0.15) is 25.0 Å². The summed E-state index contributed by atoms with van der Waals surface area (Å²) in [5.41, 5.74) is 1.06. The Bertz CT molecular complexity index is 540. The van der Waals surface area contributed by atoms with Gasteiger partial charge in [0.2, 0.25) is 11.8 Å². The van der Waals surface area contributed by atoms with Crippen molar-refractivity contribution in [1.82, 2.24) is 10.2 Å². The van der Waals surface area contributed by atoms with Gasteiger partial charge in [0.15, 0.2) is 0 Å². The van der Waals surface area contributed by atoms with Gasteiger partial charge in [-0.3, -0.25) is 9.59 Å². The van der Waals surface area contributed by atoms with Crippen molar-refractivity contribution in [3.05, 3.63) is 34.3 Å². The summed E-state index contributed by atoms with van der Waals surface area (Å²) in [6.07, 6.45) is 0. The molecule has 19 heavy (non-hydrogen) atoms. The summed E-state index contributed by atoms with van der Waals surface area (Å²) < 4.78 is 0. The molecule has 102 valence electrons. The van der Waals surface area contributed by atoms with Crippen LogP contribution in [-0.4, -0.2) is 28.8 Å². The molecule has 1 saturated heterocycles. The van der Waals surface area contributed by atoms with Crippen LogP contribution in [0.4, 0.5) is 0 Å². The number of halogens is 1. The fourth-order valence-electron chi connectivity index (χ4n) is 2.20. The van der Waals surface area contributed by atoms with Crippen molar-refractivity contribution < 1.29 is 9.59 Å². The zero-order valence-electron chi connectivity index (χ0n) is 11.3. The predicted octanol–water partition coefficient (Wildman–Crippen LogP) is 1.89. The van der Waals surface area contributed by atoms with E-state index in [2.05, 4.69) is 5.32 Å². The molecule has 4 nitrogen and oxygen atoms in total. The highest BCUT2D eigenvalue weighted by atomic mass is 35.5. The summed E-state index contributed by atoms with van der Waals surface area (Å²) in [4.78, 5) is 25.4. The number of hydrogen-bond donors (Lipinski definition) is 1. The third kappa shape index (κ3) is 2.89. The Morgan fingerprint density at radius 1 is 1.37 bits per heavy atom. The molecule has 0 unspecified atom stereocenters. The van der Waals surface area contributed by atoms with Gasteiger partial charge < -0.3 is 10.2 Å². The molecule has 1 fully saturated rings. The zero-order chi connectivity index (χ0) is 14.2. The SMILES string of the molecule is Cc1ccc(CN2CC(=O)NC(C)(C)C2=O)c(Cl)c1. The van der Waals surface area contributed by atoms with Crippen LogP contribution < -0.4 is 5.32 Å². The van der Waals surface area contributed by atoms with Gasteiger partial charge >= 0.3 is 0 Å². The minimum Gasteiger partial charge on any atom is -0.341 e. The summed E-state index contributed by atoms with van der Waals surface area (Å²) in [6, 6.07) is 5.70. The van der Waals surface area contributed by atoms with Crippen molar-refractivity contribution in [2.75, 3.05) is 6.54 Å². The number of hydrogen-bond acceptors (Lipinski definition) is 2. The fourth-order valence-corrected chi connectivity index (χ4v) is 2.49. The van der Waals surface area contributed by atoms with Crippen molar-refractivity contribution in [3.8, 4) is 0 Å². The quantitative estimate of drug-likeness (QED) is 0.899. The Morgan fingerprint density at radius 2 is 2.05 bits per heavy atom. The second-order valence-corrected chi connectivity index (χ2v) is 5.84. The zero-order valence-corrected chi connectivity index (χ0v) is 12.0. The maximum atomic E-state index is 12.2. The van der Waals surface area contributed by atoms with E-state index in [-0.39, 0.29) is 18.4 Å². The van der Waals surface area contributed by atoms with Gasteiger partial charge in [-0.15, -0.1) is 0 Å². The van der Waals surface area contributed by atoms with E-state index in [1.54, 1.807) is 13.8 Å². The number of amides is 2. The van der Waals surface area contributed by atoms with Gasteiger partial charge in [-0.1, -0.05) is 23.7 Å².